The quantitative estimate of drug-likeness (QED) is 0.560. The number of amides is 2. The second kappa shape index (κ2) is 7.97. The number of benzene rings is 1. The largest absolute Gasteiger partial charge is 0.366 e. The van der Waals surface area contributed by atoms with Crippen LogP contribution in [0.1, 0.15) is 27.1 Å². The molecule has 0 heterocycles. The smallest absolute Gasteiger partial charge is 0.251 e. The Morgan fingerprint density at radius 3 is 2.45 bits per heavy atom. The number of terminal acetylenes is 1. The molecule has 3 N–H and O–H groups in total. The lowest BCUT2D eigenvalue weighted by atomic mass is 10.1. The van der Waals surface area contributed by atoms with Gasteiger partial charge in [0.15, 0.2) is 0 Å². The Kier molecular flexibility index (Phi) is 6.27. The van der Waals surface area contributed by atoms with Crippen molar-refractivity contribution in [2.24, 2.45) is 5.73 Å². The monoisotopic (exact) mass is 273 g/mol. The van der Waals surface area contributed by atoms with Gasteiger partial charge in [0.05, 0.1) is 6.54 Å². The van der Waals surface area contributed by atoms with Crippen LogP contribution in [-0.4, -0.2) is 43.4 Å². The van der Waals surface area contributed by atoms with Crippen molar-refractivity contribution in [1.29, 1.82) is 0 Å². The van der Waals surface area contributed by atoms with Crippen molar-refractivity contribution in [3.05, 3.63) is 35.4 Å². The predicted octanol–water partition coefficient (Wildman–Crippen LogP) is 0.470. The minimum atomic E-state index is -0.506. The van der Waals surface area contributed by atoms with Crippen molar-refractivity contribution >= 4 is 11.8 Å². The van der Waals surface area contributed by atoms with Gasteiger partial charge >= 0.3 is 0 Å². The Balaban J connectivity index is 2.36. The maximum absolute atomic E-state index is 11.8. The maximum atomic E-state index is 11.8. The number of nitrogens with one attached hydrogen (secondary N) is 1. The molecular formula is C15H19N3O2. The molecule has 1 aromatic carbocycles. The third-order valence-corrected chi connectivity index (χ3v) is 2.79. The summed E-state index contributed by atoms with van der Waals surface area (Å²) in [6, 6.07) is 6.25. The van der Waals surface area contributed by atoms with Crippen molar-refractivity contribution in [2.45, 2.75) is 6.42 Å². The number of primary amides is 1. The average Bonchev–Trinajstić information content (AvgIpc) is 2.43. The first-order valence-electron chi connectivity index (χ1n) is 6.34. The fraction of sp³-hybridized carbons (Fsp3) is 0.333. The third-order valence-electron chi connectivity index (χ3n) is 2.79. The summed E-state index contributed by atoms with van der Waals surface area (Å²) in [5, 5.41) is 2.81. The van der Waals surface area contributed by atoms with Crippen LogP contribution in [0.2, 0.25) is 0 Å². The van der Waals surface area contributed by atoms with Gasteiger partial charge in [0.2, 0.25) is 5.91 Å². The van der Waals surface area contributed by atoms with Crippen LogP contribution in [0, 0.1) is 12.3 Å². The average molecular weight is 273 g/mol. The van der Waals surface area contributed by atoms with Crippen molar-refractivity contribution in [2.75, 3.05) is 26.7 Å². The molecule has 0 unspecified atom stereocenters. The van der Waals surface area contributed by atoms with E-state index in [0.29, 0.717) is 24.2 Å². The molecule has 0 aliphatic heterocycles. The number of rotatable bonds is 7. The highest BCUT2D eigenvalue weighted by molar-refractivity contribution is 5.97. The van der Waals surface area contributed by atoms with Gasteiger partial charge in [0.25, 0.3) is 5.91 Å². The van der Waals surface area contributed by atoms with E-state index in [1.165, 1.54) is 12.1 Å². The highest BCUT2D eigenvalue weighted by Gasteiger charge is 2.06. The van der Waals surface area contributed by atoms with Gasteiger partial charge in [-0.15, -0.1) is 6.42 Å². The first kappa shape index (κ1) is 15.7. The second-order valence-electron chi connectivity index (χ2n) is 4.49. The fourth-order valence-corrected chi connectivity index (χ4v) is 1.67. The van der Waals surface area contributed by atoms with E-state index in [9.17, 15) is 9.59 Å². The van der Waals surface area contributed by atoms with Crippen LogP contribution in [-0.2, 0) is 0 Å². The van der Waals surface area contributed by atoms with E-state index in [-0.39, 0.29) is 5.91 Å². The topological polar surface area (TPSA) is 75.4 Å². The number of hydrogen-bond acceptors (Lipinski definition) is 3. The second-order valence-corrected chi connectivity index (χ2v) is 4.49. The maximum Gasteiger partial charge on any atom is 0.251 e. The molecule has 5 nitrogen and oxygen atoms in total. The fourth-order valence-electron chi connectivity index (χ4n) is 1.67. The number of nitrogens with zero attached hydrogens (tertiary/aromatic N) is 1. The van der Waals surface area contributed by atoms with Gasteiger partial charge in [0.1, 0.15) is 0 Å². The van der Waals surface area contributed by atoms with E-state index >= 15 is 0 Å². The molecule has 0 aliphatic rings. The standard InChI is InChI=1S/C15H19N3O2/c1-3-10-18(2)11-4-9-17-15(20)13-7-5-12(6-8-13)14(16)19/h1,5-8H,4,9-11H2,2H3,(H2,16,19)(H,17,20). The van der Waals surface area contributed by atoms with Gasteiger partial charge in [0, 0.05) is 24.2 Å². The molecule has 0 saturated carbocycles. The molecule has 1 aromatic rings. The molecule has 0 saturated heterocycles. The van der Waals surface area contributed by atoms with E-state index in [1.54, 1.807) is 12.1 Å². The Bertz CT molecular complexity index is 503. The van der Waals surface area contributed by atoms with Crippen LogP contribution < -0.4 is 11.1 Å². The van der Waals surface area contributed by atoms with E-state index in [1.807, 2.05) is 11.9 Å². The number of nitrogens with two attached hydrogens (primary N) is 1. The minimum Gasteiger partial charge on any atom is -0.366 e. The molecule has 0 spiro atoms. The summed E-state index contributed by atoms with van der Waals surface area (Å²) in [4.78, 5) is 24.7. The predicted molar refractivity (Wildman–Crippen MR) is 78.2 cm³/mol. The van der Waals surface area contributed by atoms with Crippen molar-refractivity contribution in [3.63, 3.8) is 0 Å². The minimum absolute atomic E-state index is 0.166. The number of carbonyl (C=O) groups is 2. The van der Waals surface area contributed by atoms with Crippen LogP contribution in [0.15, 0.2) is 24.3 Å². The van der Waals surface area contributed by atoms with E-state index in [2.05, 4.69) is 11.2 Å². The first-order valence-corrected chi connectivity index (χ1v) is 6.34. The summed E-state index contributed by atoms with van der Waals surface area (Å²) in [7, 11) is 1.93. The highest BCUT2D eigenvalue weighted by atomic mass is 16.2. The lowest BCUT2D eigenvalue weighted by Crippen LogP contribution is -2.28. The van der Waals surface area contributed by atoms with Crippen molar-refractivity contribution in [1.82, 2.24) is 10.2 Å². The van der Waals surface area contributed by atoms with Gasteiger partial charge in [-0.2, -0.15) is 0 Å². The van der Waals surface area contributed by atoms with Gasteiger partial charge in [-0.25, -0.2) is 0 Å². The first-order chi connectivity index (χ1) is 9.54. The summed E-state index contributed by atoms with van der Waals surface area (Å²) in [5.41, 5.74) is 6.03. The molecule has 106 valence electrons. The number of carbonyl (C=O) groups excluding carboxylic acids is 2. The zero-order valence-corrected chi connectivity index (χ0v) is 11.6. The van der Waals surface area contributed by atoms with Crippen LogP contribution in [0.5, 0.6) is 0 Å². The third kappa shape index (κ3) is 5.12. The molecule has 0 atom stereocenters. The Morgan fingerprint density at radius 2 is 1.90 bits per heavy atom. The number of hydrogen-bond donors (Lipinski definition) is 2. The summed E-state index contributed by atoms with van der Waals surface area (Å²) >= 11 is 0. The Hall–Kier alpha value is -2.32. The van der Waals surface area contributed by atoms with E-state index in [0.717, 1.165) is 13.0 Å². The summed E-state index contributed by atoms with van der Waals surface area (Å²) < 4.78 is 0. The molecular weight excluding hydrogens is 254 g/mol. The van der Waals surface area contributed by atoms with Crippen LogP contribution >= 0.6 is 0 Å². The lowest BCUT2D eigenvalue weighted by Gasteiger charge is -2.13. The molecule has 2 amide bonds. The highest BCUT2D eigenvalue weighted by Crippen LogP contribution is 2.03. The summed E-state index contributed by atoms with van der Waals surface area (Å²) in [6.45, 7) is 2.00. The molecule has 0 aliphatic carbocycles. The summed E-state index contributed by atoms with van der Waals surface area (Å²) in [5.74, 6) is 1.89. The molecule has 20 heavy (non-hydrogen) atoms. The Labute approximate surface area is 119 Å². The molecule has 0 radical (unpaired) electrons. The zero-order chi connectivity index (χ0) is 15.0. The van der Waals surface area contributed by atoms with Crippen molar-refractivity contribution < 1.29 is 9.59 Å². The van der Waals surface area contributed by atoms with Gasteiger partial charge in [-0.1, -0.05) is 5.92 Å². The normalized spacial score (nSPS) is 10.1. The molecule has 5 heteroatoms. The summed E-state index contributed by atoms with van der Waals surface area (Å²) in [6.07, 6.45) is 6.02. The van der Waals surface area contributed by atoms with Crippen LogP contribution in [0.3, 0.4) is 0 Å². The zero-order valence-electron chi connectivity index (χ0n) is 11.6. The lowest BCUT2D eigenvalue weighted by molar-refractivity contribution is 0.0949. The molecule has 0 aromatic heterocycles. The molecule has 1 rings (SSSR count). The molecule has 0 bridgehead atoms. The molecule has 0 fully saturated rings. The van der Waals surface area contributed by atoms with Crippen LogP contribution in [0.4, 0.5) is 0 Å². The van der Waals surface area contributed by atoms with E-state index < -0.39 is 5.91 Å². The van der Waals surface area contributed by atoms with Crippen molar-refractivity contribution in [3.8, 4) is 12.3 Å². The Morgan fingerprint density at radius 1 is 1.30 bits per heavy atom. The van der Waals surface area contributed by atoms with Gasteiger partial charge < -0.3 is 11.1 Å². The van der Waals surface area contributed by atoms with Gasteiger partial charge in [-0.3, -0.25) is 14.5 Å². The van der Waals surface area contributed by atoms with Crippen LogP contribution in [0.25, 0.3) is 0 Å². The van der Waals surface area contributed by atoms with Gasteiger partial charge in [-0.05, 0) is 37.7 Å². The SMILES string of the molecule is C#CCN(C)CCCNC(=O)c1ccc(C(N)=O)cc1. The van der Waals surface area contributed by atoms with E-state index in [4.69, 9.17) is 12.2 Å².